The minimum Gasteiger partial charge on any atom is -0.317 e. The topological polar surface area (TPSA) is 66.9 Å². The molecule has 3 heterocycles. The maximum Gasteiger partial charge on any atom is 0.260 e. The minimum atomic E-state index is -0.634. The number of nitrogens with zero attached hydrogens (tertiary/aromatic N) is 2. The molecule has 2 N–H and O–H groups in total. The highest BCUT2D eigenvalue weighted by Crippen LogP contribution is 2.31. The van der Waals surface area contributed by atoms with Crippen LogP contribution >= 0.6 is 23.7 Å². The zero-order valence-corrected chi connectivity index (χ0v) is 13.3. The zero-order chi connectivity index (χ0) is 14.7. The Kier molecular flexibility index (Phi) is 5.82. The Morgan fingerprint density at radius 2 is 2.14 bits per heavy atom. The number of rotatable bonds is 3. The van der Waals surface area contributed by atoms with Crippen LogP contribution in [-0.2, 0) is 0 Å². The van der Waals surface area contributed by atoms with Gasteiger partial charge in [0.25, 0.3) is 5.91 Å². The Hall–Kier alpha value is -1.57. The van der Waals surface area contributed by atoms with Crippen LogP contribution in [0.15, 0.2) is 24.7 Å². The SMILES string of the molecule is Cl.O=C(Nc1ncc(C2CCNCC2)s1)c1ccncc1F. The number of carbonyl (C=O) groups excluding carboxylic acids is 1. The second-order valence-corrected chi connectivity index (χ2v) is 5.96. The maximum atomic E-state index is 13.5. The number of carbonyl (C=O) groups is 1. The van der Waals surface area contributed by atoms with E-state index in [1.165, 1.54) is 28.5 Å². The van der Waals surface area contributed by atoms with E-state index in [1.807, 2.05) is 0 Å². The fraction of sp³-hybridized carbons (Fsp3) is 0.357. The molecule has 1 fully saturated rings. The van der Waals surface area contributed by atoms with E-state index in [9.17, 15) is 9.18 Å². The Morgan fingerprint density at radius 3 is 2.86 bits per heavy atom. The maximum absolute atomic E-state index is 13.5. The van der Waals surface area contributed by atoms with Crippen molar-refractivity contribution in [2.24, 2.45) is 0 Å². The Labute approximate surface area is 137 Å². The number of hydrogen-bond acceptors (Lipinski definition) is 5. The first-order valence-corrected chi connectivity index (χ1v) is 7.63. The van der Waals surface area contributed by atoms with Crippen LogP contribution in [0.2, 0.25) is 0 Å². The van der Waals surface area contributed by atoms with Gasteiger partial charge in [-0.05, 0) is 37.9 Å². The number of aromatic nitrogens is 2. The van der Waals surface area contributed by atoms with Gasteiger partial charge < -0.3 is 5.32 Å². The van der Waals surface area contributed by atoms with Crippen LogP contribution in [0.3, 0.4) is 0 Å². The van der Waals surface area contributed by atoms with Crippen molar-refractivity contribution >= 4 is 34.8 Å². The molecule has 118 valence electrons. The van der Waals surface area contributed by atoms with E-state index in [0.29, 0.717) is 11.0 Å². The molecule has 1 aliphatic rings. The molecule has 1 aliphatic heterocycles. The van der Waals surface area contributed by atoms with Crippen molar-refractivity contribution in [3.63, 3.8) is 0 Å². The van der Waals surface area contributed by atoms with Crippen LogP contribution in [-0.4, -0.2) is 29.0 Å². The van der Waals surface area contributed by atoms with Gasteiger partial charge in [-0.25, -0.2) is 9.37 Å². The molecule has 0 unspecified atom stereocenters. The van der Waals surface area contributed by atoms with Gasteiger partial charge in [-0.1, -0.05) is 0 Å². The van der Waals surface area contributed by atoms with Gasteiger partial charge in [-0.3, -0.25) is 15.1 Å². The summed E-state index contributed by atoms with van der Waals surface area (Å²) in [5.74, 6) is -0.640. The van der Waals surface area contributed by atoms with Crippen molar-refractivity contribution in [1.82, 2.24) is 15.3 Å². The third kappa shape index (κ3) is 3.79. The lowest BCUT2D eigenvalue weighted by Gasteiger charge is -2.20. The van der Waals surface area contributed by atoms with E-state index >= 15 is 0 Å². The predicted molar refractivity (Wildman–Crippen MR) is 86.4 cm³/mol. The van der Waals surface area contributed by atoms with Gasteiger partial charge >= 0.3 is 0 Å². The second-order valence-electron chi connectivity index (χ2n) is 4.90. The lowest BCUT2D eigenvalue weighted by Crippen LogP contribution is -2.26. The average molecular weight is 343 g/mol. The summed E-state index contributed by atoms with van der Waals surface area (Å²) in [5.41, 5.74) is -0.0244. The summed E-state index contributed by atoms with van der Waals surface area (Å²) in [6, 6.07) is 1.35. The van der Waals surface area contributed by atoms with E-state index in [4.69, 9.17) is 0 Å². The fourth-order valence-corrected chi connectivity index (χ4v) is 3.34. The summed E-state index contributed by atoms with van der Waals surface area (Å²) in [7, 11) is 0. The Bertz CT molecular complexity index is 645. The van der Waals surface area contributed by atoms with Crippen molar-refractivity contribution < 1.29 is 9.18 Å². The lowest BCUT2D eigenvalue weighted by molar-refractivity contribution is 0.102. The average Bonchev–Trinajstić information content (AvgIpc) is 2.97. The zero-order valence-electron chi connectivity index (χ0n) is 11.7. The summed E-state index contributed by atoms with van der Waals surface area (Å²) >= 11 is 1.46. The third-order valence-corrected chi connectivity index (χ3v) is 4.58. The molecule has 2 aromatic heterocycles. The molecule has 22 heavy (non-hydrogen) atoms. The first-order chi connectivity index (χ1) is 10.2. The molecule has 0 aliphatic carbocycles. The number of pyridine rings is 1. The van der Waals surface area contributed by atoms with Gasteiger partial charge in [-0.15, -0.1) is 23.7 Å². The first-order valence-electron chi connectivity index (χ1n) is 6.81. The minimum absolute atomic E-state index is 0. The van der Waals surface area contributed by atoms with E-state index in [1.54, 1.807) is 6.20 Å². The van der Waals surface area contributed by atoms with Crippen LogP contribution < -0.4 is 10.6 Å². The Balaban J connectivity index is 0.00000176. The van der Waals surface area contributed by atoms with Crippen LogP contribution in [0.1, 0.15) is 34.0 Å². The quantitative estimate of drug-likeness (QED) is 0.900. The Morgan fingerprint density at radius 1 is 1.36 bits per heavy atom. The van der Waals surface area contributed by atoms with Crippen LogP contribution in [0.25, 0.3) is 0 Å². The fourth-order valence-electron chi connectivity index (χ4n) is 2.36. The van der Waals surface area contributed by atoms with Crippen molar-refractivity contribution in [3.05, 3.63) is 40.9 Å². The summed E-state index contributed by atoms with van der Waals surface area (Å²) in [6.07, 6.45) is 6.37. The van der Waals surface area contributed by atoms with Crippen molar-refractivity contribution in [1.29, 1.82) is 0 Å². The number of anilines is 1. The summed E-state index contributed by atoms with van der Waals surface area (Å²) < 4.78 is 13.5. The van der Waals surface area contributed by atoms with E-state index in [2.05, 4.69) is 20.6 Å². The predicted octanol–water partition coefficient (Wildman–Crippen LogP) is 2.82. The standard InChI is InChI=1S/C14H15FN4OS.ClH/c15-11-7-17-6-3-10(11)13(20)19-14-18-8-12(21-14)9-1-4-16-5-2-9;/h3,6-9,16H,1-2,4-5H2,(H,18,19,20);1H. The first kappa shape index (κ1) is 16.8. The van der Waals surface area contributed by atoms with E-state index in [0.717, 1.165) is 32.1 Å². The van der Waals surface area contributed by atoms with E-state index in [-0.39, 0.29) is 18.0 Å². The molecule has 8 heteroatoms. The molecule has 0 aromatic carbocycles. The van der Waals surface area contributed by atoms with Gasteiger partial charge in [0.05, 0.1) is 11.8 Å². The lowest BCUT2D eigenvalue weighted by atomic mass is 9.97. The molecule has 0 atom stereocenters. The molecule has 1 amide bonds. The smallest absolute Gasteiger partial charge is 0.260 e. The molecule has 2 aromatic rings. The number of thiazole rings is 1. The van der Waals surface area contributed by atoms with Gasteiger partial charge in [-0.2, -0.15) is 0 Å². The van der Waals surface area contributed by atoms with Crippen LogP contribution in [0.5, 0.6) is 0 Å². The number of piperidine rings is 1. The third-order valence-electron chi connectivity index (χ3n) is 3.50. The molecular formula is C14H16ClFN4OS. The van der Waals surface area contributed by atoms with E-state index < -0.39 is 11.7 Å². The number of amides is 1. The summed E-state index contributed by atoms with van der Waals surface area (Å²) in [4.78, 5) is 21.0. The molecule has 0 bridgehead atoms. The molecule has 0 radical (unpaired) electrons. The highest BCUT2D eigenvalue weighted by molar-refractivity contribution is 7.15. The highest BCUT2D eigenvalue weighted by Gasteiger charge is 2.19. The van der Waals surface area contributed by atoms with Gasteiger partial charge in [0.2, 0.25) is 0 Å². The van der Waals surface area contributed by atoms with Crippen molar-refractivity contribution in [2.75, 3.05) is 18.4 Å². The van der Waals surface area contributed by atoms with Gasteiger partial charge in [0, 0.05) is 17.3 Å². The second kappa shape index (κ2) is 7.62. The van der Waals surface area contributed by atoms with Crippen LogP contribution in [0, 0.1) is 5.82 Å². The number of hydrogen-bond donors (Lipinski definition) is 2. The molecule has 3 rings (SSSR count). The number of halogens is 2. The monoisotopic (exact) mass is 342 g/mol. The molecule has 0 spiro atoms. The van der Waals surface area contributed by atoms with Gasteiger partial charge in [0.15, 0.2) is 10.9 Å². The van der Waals surface area contributed by atoms with Gasteiger partial charge in [0.1, 0.15) is 0 Å². The van der Waals surface area contributed by atoms with Crippen molar-refractivity contribution in [3.8, 4) is 0 Å². The molecular weight excluding hydrogens is 327 g/mol. The highest BCUT2D eigenvalue weighted by atomic mass is 35.5. The van der Waals surface area contributed by atoms with Crippen molar-refractivity contribution in [2.45, 2.75) is 18.8 Å². The molecule has 1 saturated heterocycles. The van der Waals surface area contributed by atoms with Crippen LogP contribution in [0.4, 0.5) is 9.52 Å². The largest absolute Gasteiger partial charge is 0.317 e. The molecule has 0 saturated carbocycles. The number of nitrogens with one attached hydrogen (secondary N) is 2. The normalized spacial score (nSPS) is 15.1. The summed E-state index contributed by atoms with van der Waals surface area (Å²) in [6.45, 7) is 2.01. The summed E-state index contributed by atoms with van der Waals surface area (Å²) in [5, 5.41) is 6.47. The molecule has 5 nitrogen and oxygen atoms in total.